The molecule has 1 nitrogen and oxygen atoms in total. The second kappa shape index (κ2) is 6.34. The molecule has 0 aromatic heterocycles. The molecule has 1 saturated carbocycles. The predicted molar refractivity (Wildman–Crippen MR) is 61.0 cm³/mol. The number of hydrogen-bond acceptors (Lipinski definition) is 2. The van der Waals surface area contributed by atoms with E-state index in [1.165, 1.54) is 25.0 Å². The zero-order chi connectivity index (χ0) is 9.52. The van der Waals surface area contributed by atoms with Crippen LogP contribution in [0.4, 0.5) is 0 Å². The molecule has 1 N–H and O–H groups in total. The highest BCUT2D eigenvalue weighted by Gasteiger charge is 2.25. The zero-order valence-corrected chi connectivity index (χ0v) is 9.20. The summed E-state index contributed by atoms with van der Waals surface area (Å²) in [6, 6.07) is 0.721. The van der Waals surface area contributed by atoms with Gasteiger partial charge in [0.1, 0.15) is 0 Å². The highest BCUT2D eigenvalue weighted by Crippen LogP contribution is 2.29. The fourth-order valence-corrected chi connectivity index (χ4v) is 3.13. The van der Waals surface area contributed by atoms with Crippen molar-refractivity contribution < 1.29 is 0 Å². The molecule has 0 saturated heterocycles. The van der Waals surface area contributed by atoms with Gasteiger partial charge in [-0.05, 0) is 18.6 Å². The molecule has 0 aromatic rings. The zero-order valence-electron chi connectivity index (χ0n) is 8.38. The van der Waals surface area contributed by atoms with Crippen LogP contribution in [0.25, 0.3) is 0 Å². The molecule has 74 valence electrons. The van der Waals surface area contributed by atoms with Gasteiger partial charge in [0, 0.05) is 24.3 Å². The lowest BCUT2D eigenvalue weighted by atomic mass is 10.2. The van der Waals surface area contributed by atoms with E-state index in [-0.39, 0.29) is 0 Å². The van der Waals surface area contributed by atoms with Gasteiger partial charge in [0.25, 0.3) is 0 Å². The number of terminal acetylenes is 1. The van der Waals surface area contributed by atoms with Crippen molar-refractivity contribution >= 4 is 11.8 Å². The van der Waals surface area contributed by atoms with Crippen LogP contribution in [0.1, 0.15) is 32.6 Å². The summed E-state index contributed by atoms with van der Waals surface area (Å²) in [5.74, 6) is 3.90. The van der Waals surface area contributed by atoms with Gasteiger partial charge in [-0.3, -0.25) is 0 Å². The Morgan fingerprint density at radius 2 is 2.38 bits per heavy atom. The van der Waals surface area contributed by atoms with Crippen LogP contribution in [0.15, 0.2) is 0 Å². The van der Waals surface area contributed by atoms with Gasteiger partial charge in [-0.1, -0.05) is 13.3 Å². The molecule has 0 spiro atoms. The largest absolute Gasteiger partial charge is 0.312 e. The summed E-state index contributed by atoms with van der Waals surface area (Å²) in [5.41, 5.74) is 0. The van der Waals surface area contributed by atoms with Crippen LogP contribution in [0.3, 0.4) is 0 Å². The second-order valence-electron chi connectivity index (χ2n) is 3.44. The van der Waals surface area contributed by atoms with Crippen LogP contribution in [0, 0.1) is 12.3 Å². The second-order valence-corrected chi connectivity index (χ2v) is 4.96. The van der Waals surface area contributed by atoms with Crippen LogP contribution in [-0.2, 0) is 0 Å². The minimum atomic E-state index is 0.721. The molecule has 13 heavy (non-hydrogen) atoms. The van der Waals surface area contributed by atoms with Gasteiger partial charge in [-0.2, -0.15) is 11.8 Å². The average molecular weight is 197 g/mol. The Morgan fingerprint density at radius 1 is 1.54 bits per heavy atom. The molecule has 1 aliphatic carbocycles. The molecular weight excluding hydrogens is 178 g/mol. The third-order valence-electron chi connectivity index (χ3n) is 2.51. The van der Waals surface area contributed by atoms with Gasteiger partial charge in [0.15, 0.2) is 0 Å². The van der Waals surface area contributed by atoms with Crippen molar-refractivity contribution in [3.8, 4) is 12.3 Å². The number of nitrogens with one attached hydrogen (secondary N) is 1. The molecule has 0 amide bonds. The van der Waals surface area contributed by atoms with Gasteiger partial charge in [-0.15, -0.1) is 12.3 Å². The lowest BCUT2D eigenvalue weighted by molar-refractivity contribution is 0.540. The number of rotatable bonds is 5. The molecule has 2 unspecified atom stereocenters. The van der Waals surface area contributed by atoms with Crippen molar-refractivity contribution in [2.75, 3.05) is 12.3 Å². The van der Waals surface area contributed by atoms with E-state index < -0.39 is 0 Å². The quantitative estimate of drug-likeness (QED) is 0.536. The van der Waals surface area contributed by atoms with Crippen molar-refractivity contribution in [3.63, 3.8) is 0 Å². The van der Waals surface area contributed by atoms with E-state index in [0.29, 0.717) is 0 Å². The van der Waals surface area contributed by atoms with Crippen LogP contribution in [0.5, 0.6) is 0 Å². The van der Waals surface area contributed by atoms with Crippen molar-refractivity contribution in [1.29, 1.82) is 0 Å². The lowest BCUT2D eigenvalue weighted by Crippen LogP contribution is -2.34. The fraction of sp³-hybridized carbons (Fsp3) is 0.818. The first-order chi connectivity index (χ1) is 6.38. The summed E-state index contributed by atoms with van der Waals surface area (Å²) in [4.78, 5) is 0. The van der Waals surface area contributed by atoms with E-state index in [0.717, 1.165) is 24.3 Å². The SMILES string of the molecule is C#CCCNC1CCCC1SCC. The molecule has 0 aromatic carbocycles. The van der Waals surface area contributed by atoms with Gasteiger partial charge in [0.2, 0.25) is 0 Å². The summed E-state index contributed by atoms with van der Waals surface area (Å²) >= 11 is 2.09. The van der Waals surface area contributed by atoms with E-state index in [1.54, 1.807) is 0 Å². The molecule has 1 rings (SSSR count). The smallest absolute Gasteiger partial charge is 0.0212 e. The average Bonchev–Trinajstić information content (AvgIpc) is 2.54. The van der Waals surface area contributed by atoms with Gasteiger partial charge < -0.3 is 5.32 Å². The minimum Gasteiger partial charge on any atom is -0.312 e. The van der Waals surface area contributed by atoms with Gasteiger partial charge in [-0.25, -0.2) is 0 Å². The van der Waals surface area contributed by atoms with Crippen LogP contribution in [0.2, 0.25) is 0 Å². The van der Waals surface area contributed by atoms with Gasteiger partial charge >= 0.3 is 0 Å². The first-order valence-corrected chi connectivity index (χ1v) is 6.21. The molecule has 2 atom stereocenters. The summed E-state index contributed by atoms with van der Waals surface area (Å²) < 4.78 is 0. The molecule has 1 aliphatic rings. The molecule has 2 heteroatoms. The molecule has 0 aliphatic heterocycles. The van der Waals surface area contributed by atoms with Crippen molar-refractivity contribution in [3.05, 3.63) is 0 Å². The summed E-state index contributed by atoms with van der Waals surface area (Å²) in [5, 5.41) is 4.39. The Hall–Kier alpha value is -0.130. The van der Waals surface area contributed by atoms with E-state index in [4.69, 9.17) is 6.42 Å². The van der Waals surface area contributed by atoms with Crippen LogP contribution in [-0.4, -0.2) is 23.6 Å². The standard InChI is InChI=1S/C11H19NS/c1-3-5-9-12-10-7-6-8-11(10)13-4-2/h1,10-12H,4-9H2,2H3. The Balaban J connectivity index is 2.19. The van der Waals surface area contributed by atoms with E-state index in [9.17, 15) is 0 Å². The molecular formula is C11H19NS. The predicted octanol–water partition coefficient (Wildman–Crippen LogP) is 2.27. The van der Waals surface area contributed by atoms with Crippen molar-refractivity contribution in [2.45, 2.75) is 43.9 Å². The highest BCUT2D eigenvalue weighted by atomic mass is 32.2. The Labute approximate surface area is 86.1 Å². The van der Waals surface area contributed by atoms with Crippen molar-refractivity contribution in [2.24, 2.45) is 0 Å². The van der Waals surface area contributed by atoms with Crippen molar-refractivity contribution in [1.82, 2.24) is 5.32 Å². The van der Waals surface area contributed by atoms with E-state index >= 15 is 0 Å². The van der Waals surface area contributed by atoms with E-state index in [2.05, 4.69) is 29.9 Å². The molecule has 0 heterocycles. The third-order valence-corrected chi connectivity index (χ3v) is 3.83. The molecule has 0 radical (unpaired) electrons. The Bertz CT molecular complexity index is 173. The minimum absolute atomic E-state index is 0.721. The monoisotopic (exact) mass is 197 g/mol. The molecule has 0 bridgehead atoms. The normalized spacial score (nSPS) is 27.4. The maximum absolute atomic E-state index is 5.21. The fourth-order valence-electron chi connectivity index (χ4n) is 1.90. The highest BCUT2D eigenvalue weighted by molar-refractivity contribution is 7.99. The third kappa shape index (κ3) is 3.62. The summed E-state index contributed by atoms with van der Waals surface area (Å²) in [6.45, 7) is 3.23. The van der Waals surface area contributed by atoms with E-state index in [1.807, 2.05) is 0 Å². The maximum atomic E-state index is 5.21. The number of hydrogen-bond donors (Lipinski definition) is 1. The number of thioether (sulfide) groups is 1. The summed E-state index contributed by atoms with van der Waals surface area (Å²) in [7, 11) is 0. The Kier molecular flexibility index (Phi) is 5.34. The Morgan fingerprint density at radius 3 is 3.08 bits per heavy atom. The lowest BCUT2D eigenvalue weighted by Gasteiger charge is -2.19. The topological polar surface area (TPSA) is 12.0 Å². The maximum Gasteiger partial charge on any atom is 0.0212 e. The first-order valence-electron chi connectivity index (χ1n) is 5.17. The van der Waals surface area contributed by atoms with Gasteiger partial charge in [0.05, 0.1) is 0 Å². The molecule has 1 fully saturated rings. The first kappa shape index (κ1) is 10.9. The summed E-state index contributed by atoms with van der Waals surface area (Å²) in [6.07, 6.45) is 10.2. The van der Waals surface area contributed by atoms with Crippen LogP contribution < -0.4 is 5.32 Å². The van der Waals surface area contributed by atoms with Crippen LogP contribution >= 0.6 is 11.8 Å².